The normalized spacial score (nSPS) is 21.6. The van der Waals surface area contributed by atoms with Crippen molar-refractivity contribution >= 4 is 11.9 Å². The van der Waals surface area contributed by atoms with Crippen molar-refractivity contribution in [3.8, 4) is 0 Å². The maximum Gasteiger partial charge on any atom is 0.309 e. The van der Waals surface area contributed by atoms with Gasteiger partial charge in [0.2, 0.25) is 5.91 Å². The fourth-order valence-electron chi connectivity index (χ4n) is 2.72. The number of carbonyl (C=O) groups excluding carboxylic acids is 1. The van der Waals surface area contributed by atoms with Gasteiger partial charge in [0, 0.05) is 13.1 Å². The molecular weight excluding hydrogens is 256 g/mol. The van der Waals surface area contributed by atoms with E-state index in [0.717, 1.165) is 25.7 Å². The standard InChI is InChI=1S/C15H28N2O3/c1-4-5-8-12(16)13(18)17-9-6-7-11(10-17)15(2,3)14(19)20/h11-12H,4-10,16H2,1-3H3,(H,19,20)/t11?,12-/m0/s1. The molecule has 1 rings (SSSR count). The number of piperidine rings is 1. The summed E-state index contributed by atoms with van der Waals surface area (Å²) in [4.78, 5) is 25.4. The number of carbonyl (C=O) groups is 2. The highest BCUT2D eigenvalue weighted by atomic mass is 16.4. The van der Waals surface area contributed by atoms with Crippen LogP contribution in [-0.4, -0.2) is 41.0 Å². The first-order valence-electron chi connectivity index (χ1n) is 7.58. The topological polar surface area (TPSA) is 83.6 Å². The minimum absolute atomic E-state index is 0.00363. The van der Waals surface area contributed by atoms with Crippen molar-refractivity contribution in [1.29, 1.82) is 0 Å². The average Bonchev–Trinajstić information content (AvgIpc) is 2.43. The predicted molar refractivity (Wildman–Crippen MR) is 78.2 cm³/mol. The third kappa shape index (κ3) is 3.95. The summed E-state index contributed by atoms with van der Waals surface area (Å²) in [5.41, 5.74) is 5.14. The Morgan fingerprint density at radius 2 is 2.10 bits per heavy atom. The quantitative estimate of drug-likeness (QED) is 0.779. The molecule has 0 aromatic carbocycles. The van der Waals surface area contributed by atoms with E-state index in [1.54, 1.807) is 18.7 Å². The first-order chi connectivity index (χ1) is 9.30. The van der Waals surface area contributed by atoms with Gasteiger partial charge in [-0.2, -0.15) is 0 Å². The van der Waals surface area contributed by atoms with Gasteiger partial charge in [0.1, 0.15) is 0 Å². The molecule has 5 heteroatoms. The van der Waals surface area contributed by atoms with Crippen LogP contribution in [0, 0.1) is 11.3 Å². The summed E-state index contributed by atoms with van der Waals surface area (Å²) in [7, 11) is 0. The van der Waals surface area contributed by atoms with Crippen molar-refractivity contribution in [1.82, 2.24) is 4.90 Å². The van der Waals surface area contributed by atoms with E-state index in [9.17, 15) is 14.7 Å². The molecule has 1 heterocycles. The predicted octanol–water partition coefficient (Wildman–Crippen LogP) is 1.85. The SMILES string of the molecule is CCCC[C@H](N)C(=O)N1CCCC(C(C)(C)C(=O)O)C1. The van der Waals surface area contributed by atoms with Crippen LogP contribution in [0.25, 0.3) is 0 Å². The van der Waals surface area contributed by atoms with Crippen molar-refractivity contribution in [3.63, 3.8) is 0 Å². The van der Waals surface area contributed by atoms with Crippen LogP contribution in [0.4, 0.5) is 0 Å². The molecule has 0 radical (unpaired) electrons. The number of nitrogens with zero attached hydrogens (tertiary/aromatic N) is 1. The number of amides is 1. The van der Waals surface area contributed by atoms with Crippen LogP contribution in [0.2, 0.25) is 0 Å². The highest BCUT2D eigenvalue weighted by molar-refractivity contribution is 5.82. The van der Waals surface area contributed by atoms with E-state index in [-0.39, 0.29) is 11.8 Å². The third-order valence-electron chi connectivity index (χ3n) is 4.49. The van der Waals surface area contributed by atoms with Gasteiger partial charge in [-0.05, 0) is 39.0 Å². The largest absolute Gasteiger partial charge is 0.481 e. The zero-order chi connectivity index (χ0) is 15.3. The monoisotopic (exact) mass is 284 g/mol. The summed E-state index contributed by atoms with van der Waals surface area (Å²) in [5, 5.41) is 9.32. The molecule has 0 spiro atoms. The molecule has 1 amide bonds. The smallest absolute Gasteiger partial charge is 0.309 e. The maximum atomic E-state index is 12.3. The lowest BCUT2D eigenvalue weighted by atomic mass is 9.74. The van der Waals surface area contributed by atoms with Gasteiger partial charge in [0.15, 0.2) is 0 Å². The molecule has 1 saturated heterocycles. The Morgan fingerprint density at radius 1 is 1.45 bits per heavy atom. The average molecular weight is 284 g/mol. The van der Waals surface area contributed by atoms with Gasteiger partial charge >= 0.3 is 5.97 Å². The minimum atomic E-state index is -0.799. The zero-order valence-electron chi connectivity index (χ0n) is 12.9. The van der Waals surface area contributed by atoms with E-state index >= 15 is 0 Å². The first-order valence-corrected chi connectivity index (χ1v) is 7.58. The molecule has 0 saturated carbocycles. The molecule has 20 heavy (non-hydrogen) atoms. The molecule has 1 aliphatic rings. The first kappa shape index (κ1) is 17.0. The van der Waals surface area contributed by atoms with Crippen molar-refractivity contribution < 1.29 is 14.7 Å². The number of carboxylic acid groups (broad SMARTS) is 1. The second kappa shape index (κ2) is 7.07. The van der Waals surface area contributed by atoms with Crippen molar-refractivity contribution in [2.75, 3.05) is 13.1 Å². The Bertz CT molecular complexity index is 355. The maximum absolute atomic E-state index is 12.3. The van der Waals surface area contributed by atoms with Crippen molar-refractivity contribution in [2.24, 2.45) is 17.1 Å². The van der Waals surface area contributed by atoms with Gasteiger partial charge in [-0.15, -0.1) is 0 Å². The highest BCUT2D eigenvalue weighted by Crippen LogP contribution is 2.34. The van der Waals surface area contributed by atoms with Crippen molar-refractivity contribution in [3.05, 3.63) is 0 Å². The molecule has 3 N–H and O–H groups in total. The number of rotatable bonds is 6. The lowest BCUT2D eigenvalue weighted by molar-refractivity contribution is -0.153. The summed E-state index contributed by atoms with van der Waals surface area (Å²) in [6.45, 7) is 6.77. The van der Waals surface area contributed by atoms with Gasteiger partial charge in [-0.3, -0.25) is 9.59 Å². The molecule has 116 valence electrons. The molecule has 2 atom stereocenters. The van der Waals surface area contributed by atoms with Crippen LogP contribution in [0.5, 0.6) is 0 Å². The van der Waals surface area contributed by atoms with Crippen LogP contribution in [-0.2, 0) is 9.59 Å². The Labute approximate surface area is 121 Å². The molecular formula is C15H28N2O3. The van der Waals surface area contributed by atoms with Crippen molar-refractivity contribution in [2.45, 2.75) is 58.9 Å². The van der Waals surface area contributed by atoms with E-state index in [0.29, 0.717) is 19.5 Å². The van der Waals surface area contributed by atoms with Gasteiger partial charge in [-0.25, -0.2) is 0 Å². The number of hydrogen-bond acceptors (Lipinski definition) is 3. The number of likely N-dealkylation sites (tertiary alicyclic amines) is 1. The molecule has 5 nitrogen and oxygen atoms in total. The molecule has 0 aromatic rings. The lowest BCUT2D eigenvalue weighted by Gasteiger charge is -2.40. The van der Waals surface area contributed by atoms with Crippen LogP contribution < -0.4 is 5.73 Å². The number of unbranched alkanes of at least 4 members (excludes halogenated alkanes) is 1. The Balaban J connectivity index is 2.65. The van der Waals surface area contributed by atoms with Crippen LogP contribution in [0.1, 0.15) is 52.9 Å². The lowest BCUT2D eigenvalue weighted by Crippen LogP contribution is -2.51. The highest BCUT2D eigenvalue weighted by Gasteiger charge is 2.40. The van der Waals surface area contributed by atoms with E-state index in [1.807, 2.05) is 0 Å². The van der Waals surface area contributed by atoms with E-state index in [1.165, 1.54) is 0 Å². The summed E-state index contributed by atoms with van der Waals surface area (Å²) in [5.74, 6) is -0.826. The van der Waals surface area contributed by atoms with E-state index < -0.39 is 17.4 Å². The molecule has 0 bridgehead atoms. The summed E-state index contributed by atoms with van der Waals surface area (Å²) in [6.07, 6.45) is 4.39. The fraction of sp³-hybridized carbons (Fsp3) is 0.867. The molecule has 1 unspecified atom stereocenters. The summed E-state index contributed by atoms with van der Waals surface area (Å²) in [6, 6.07) is -0.443. The minimum Gasteiger partial charge on any atom is -0.481 e. The van der Waals surface area contributed by atoms with Gasteiger partial charge in [-0.1, -0.05) is 19.8 Å². The molecule has 0 aliphatic carbocycles. The molecule has 1 fully saturated rings. The van der Waals surface area contributed by atoms with Crippen LogP contribution in [0.3, 0.4) is 0 Å². The van der Waals surface area contributed by atoms with Gasteiger partial charge in [0.05, 0.1) is 11.5 Å². The summed E-state index contributed by atoms with van der Waals surface area (Å²) < 4.78 is 0. The Kier molecular flexibility index (Phi) is 5.99. The number of aliphatic carboxylic acids is 1. The van der Waals surface area contributed by atoms with E-state index in [2.05, 4.69) is 6.92 Å². The number of nitrogens with two attached hydrogens (primary N) is 1. The van der Waals surface area contributed by atoms with Crippen LogP contribution >= 0.6 is 0 Å². The summed E-state index contributed by atoms with van der Waals surface area (Å²) >= 11 is 0. The van der Waals surface area contributed by atoms with Crippen LogP contribution in [0.15, 0.2) is 0 Å². The Morgan fingerprint density at radius 3 is 2.65 bits per heavy atom. The third-order valence-corrected chi connectivity index (χ3v) is 4.49. The second-order valence-corrected chi connectivity index (χ2v) is 6.40. The molecule has 0 aromatic heterocycles. The second-order valence-electron chi connectivity index (χ2n) is 6.40. The molecule has 1 aliphatic heterocycles. The zero-order valence-corrected chi connectivity index (χ0v) is 12.9. The van der Waals surface area contributed by atoms with Gasteiger partial charge in [0.25, 0.3) is 0 Å². The fourth-order valence-corrected chi connectivity index (χ4v) is 2.72. The number of hydrogen-bond donors (Lipinski definition) is 2. The van der Waals surface area contributed by atoms with E-state index in [4.69, 9.17) is 5.73 Å². The van der Waals surface area contributed by atoms with Gasteiger partial charge < -0.3 is 15.7 Å². The number of carboxylic acids is 1. The Hall–Kier alpha value is -1.10.